The van der Waals surface area contributed by atoms with Gasteiger partial charge in [-0.25, -0.2) is 0 Å². The van der Waals surface area contributed by atoms with E-state index >= 15 is 0 Å². The number of hydrogen-bond acceptors (Lipinski definition) is 3. The molecule has 0 amide bonds. The van der Waals surface area contributed by atoms with E-state index in [0.717, 1.165) is 5.56 Å². The summed E-state index contributed by atoms with van der Waals surface area (Å²) in [5.74, 6) is 7.66. The van der Waals surface area contributed by atoms with E-state index in [1.54, 1.807) is 18.2 Å². The van der Waals surface area contributed by atoms with Gasteiger partial charge in [0, 0.05) is 22.2 Å². The fourth-order valence-electron chi connectivity index (χ4n) is 1.28. The molecular formula is C11H12Cl2N2O. The molecule has 16 heavy (non-hydrogen) atoms. The molecule has 86 valence electrons. The highest BCUT2D eigenvalue weighted by Crippen LogP contribution is 2.27. The molecule has 0 aromatic heterocycles. The zero-order valence-corrected chi connectivity index (χ0v) is 10.1. The second-order valence-corrected chi connectivity index (χ2v) is 3.92. The third-order valence-corrected chi connectivity index (χ3v) is 2.54. The van der Waals surface area contributed by atoms with Crippen molar-refractivity contribution in [1.82, 2.24) is 5.43 Å². The lowest BCUT2D eigenvalue weighted by molar-refractivity contribution is 0.0777. The first-order chi connectivity index (χ1) is 7.69. The summed E-state index contributed by atoms with van der Waals surface area (Å²) in [6.45, 7) is 0.619. The molecular weight excluding hydrogens is 247 g/mol. The highest BCUT2D eigenvalue weighted by molar-refractivity contribution is 6.35. The minimum atomic E-state index is -0.286. The van der Waals surface area contributed by atoms with Crippen molar-refractivity contribution in [2.24, 2.45) is 5.84 Å². The van der Waals surface area contributed by atoms with Crippen LogP contribution in [0.2, 0.25) is 10.0 Å². The van der Waals surface area contributed by atoms with Gasteiger partial charge in [-0.2, -0.15) is 0 Å². The summed E-state index contributed by atoms with van der Waals surface area (Å²) in [4.78, 5) is 0. The van der Waals surface area contributed by atoms with E-state index in [1.807, 2.05) is 0 Å². The number of hydrogen-bond donors (Lipinski definition) is 2. The summed E-state index contributed by atoms with van der Waals surface area (Å²) in [6, 6.07) is 5.19. The summed E-state index contributed by atoms with van der Waals surface area (Å²) in [5.41, 5.74) is 3.34. The maximum Gasteiger partial charge on any atom is 0.108 e. The smallest absolute Gasteiger partial charge is 0.108 e. The maximum absolute atomic E-state index is 6.05. The van der Waals surface area contributed by atoms with Crippen LogP contribution in [-0.2, 0) is 4.74 Å². The van der Waals surface area contributed by atoms with Crippen LogP contribution in [0, 0.1) is 12.3 Å². The maximum atomic E-state index is 6.05. The number of nitrogens with one attached hydrogen (secondary N) is 1. The van der Waals surface area contributed by atoms with Gasteiger partial charge in [0.05, 0.1) is 6.10 Å². The zero-order valence-electron chi connectivity index (χ0n) is 8.54. The molecule has 0 saturated heterocycles. The van der Waals surface area contributed by atoms with Crippen molar-refractivity contribution < 1.29 is 4.74 Å². The van der Waals surface area contributed by atoms with Crippen LogP contribution >= 0.6 is 23.2 Å². The second kappa shape index (κ2) is 6.74. The Hall–Kier alpha value is -0.760. The van der Waals surface area contributed by atoms with E-state index in [4.69, 9.17) is 40.2 Å². The summed E-state index contributed by atoms with van der Waals surface area (Å²) in [5, 5.41) is 1.11. The SMILES string of the molecule is C#CCOC(CNN)c1ccc(Cl)cc1Cl. The molecule has 0 fully saturated rings. The van der Waals surface area contributed by atoms with Crippen molar-refractivity contribution in [3.8, 4) is 12.3 Å². The van der Waals surface area contributed by atoms with Gasteiger partial charge in [-0.1, -0.05) is 35.2 Å². The summed E-state index contributed by atoms with van der Waals surface area (Å²) in [6.07, 6.45) is 4.85. The normalized spacial score (nSPS) is 12.1. The number of nitrogens with two attached hydrogens (primary N) is 1. The lowest BCUT2D eigenvalue weighted by Gasteiger charge is -2.17. The molecule has 1 atom stereocenters. The molecule has 0 aliphatic carbocycles. The quantitative estimate of drug-likeness (QED) is 0.484. The van der Waals surface area contributed by atoms with E-state index in [2.05, 4.69) is 11.3 Å². The van der Waals surface area contributed by atoms with Gasteiger partial charge in [0.1, 0.15) is 6.61 Å². The predicted molar refractivity (Wildman–Crippen MR) is 66.2 cm³/mol. The van der Waals surface area contributed by atoms with Crippen molar-refractivity contribution in [2.75, 3.05) is 13.2 Å². The molecule has 0 bridgehead atoms. The first-order valence-electron chi connectivity index (χ1n) is 4.62. The first kappa shape index (κ1) is 13.3. The minimum absolute atomic E-state index is 0.200. The lowest BCUT2D eigenvalue weighted by Crippen LogP contribution is -2.29. The number of rotatable bonds is 5. The van der Waals surface area contributed by atoms with Crippen LogP contribution in [0.3, 0.4) is 0 Å². The van der Waals surface area contributed by atoms with Gasteiger partial charge in [-0.15, -0.1) is 6.42 Å². The van der Waals surface area contributed by atoms with E-state index < -0.39 is 0 Å². The van der Waals surface area contributed by atoms with E-state index in [9.17, 15) is 0 Å². The van der Waals surface area contributed by atoms with Crippen LogP contribution in [-0.4, -0.2) is 13.2 Å². The summed E-state index contributed by atoms with van der Waals surface area (Å²) < 4.78 is 5.43. The van der Waals surface area contributed by atoms with E-state index in [-0.39, 0.29) is 12.7 Å². The Morgan fingerprint density at radius 2 is 2.25 bits per heavy atom. The molecule has 5 heteroatoms. The van der Waals surface area contributed by atoms with E-state index in [0.29, 0.717) is 16.6 Å². The van der Waals surface area contributed by atoms with Gasteiger partial charge < -0.3 is 4.74 Å². The zero-order chi connectivity index (χ0) is 12.0. The second-order valence-electron chi connectivity index (χ2n) is 3.08. The molecule has 1 aromatic carbocycles. The van der Waals surface area contributed by atoms with Crippen molar-refractivity contribution in [3.05, 3.63) is 33.8 Å². The minimum Gasteiger partial charge on any atom is -0.359 e. The average Bonchev–Trinajstić information content (AvgIpc) is 2.25. The Bertz CT molecular complexity index is 390. The van der Waals surface area contributed by atoms with Gasteiger partial charge in [-0.3, -0.25) is 11.3 Å². The van der Waals surface area contributed by atoms with Gasteiger partial charge in [-0.05, 0) is 12.1 Å². The van der Waals surface area contributed by atoms with Gasteiger partial charge in [0.15, 0.2) is 0 Å². The Labute approximate surface area is 105 Å². The number of hydrazine groups is 1. The number of benzene rings is 1. The molecule has 1 rings (SSSR count). The topological polar surface area (TPSA) is 47.3 Å². The molecule has 1 aromatic rings. The summed E-state index contributed by atoms with van der Waals surface area (Å²) in [7, 11) is 0. The lowest BCUT2D eigenvalue weighted by atomic mass is 10.1. The summed E-state index contributed by atoms with van der Waals surface area (Å²) >= 11 is 11.9. The molecule has 3 nitrogen and oxygen atoms in total. The van der Waals surface area contributed by atoms with Gasteiger partial charge in [0.25, 0.3) is 0 Å². The molecule has 0 heterocycles. The van der Waals surface area contributed by atoms with Crippen LogP contribution in [0.5, 0.6) is 0 Å². The first-order valence-corrected chi connectivity index (χ1v) is 5.38. The van der Waals surface area contributed by atoms with Crippen molar-refractivity contribution in [2.45, 2.75) is 6.10 Å². The molecule has 0 aliphatic rings. The van der Waals surface area contributed by atoms with Crippen molar-refractivity contribution >= 4 is 23.2 Å². The van der Waals surface area contributed by atoms with Gasteiger partial charge >= 0.3 is 0 Å². The molecule has 0 saturated carbocycles. The predicted octanol–water partition coefficient (Wildman–Crippen LogP) is 2.15. The number of halogens is 2. The Morgan fingerprint density at radius 1 is 1.50 bits per heavy atom. The highest BCUT2D eigenvalue weighted by atomic mass is 35.5. The Morgan fingerprint density at radius 3 is 2.81 bits per heavy atom. The monoisotopic (exact) mass is 258 g/mol. The molecule has 1 unspecified atom stereocenters. The van der Waals surface area contributed by atoms with Crippen LogP contribution in [0.15, 0.2) is 18.2 Å². The number of terminal acetylenes is 1. The molecule has 0 aliphatic heterocycles. The fourth-order valence-corrected chi connectivity index (χ4v) is 1.81. The van der Waals surface area contributed by atoms with Crippen LogP contribution in [0.1, 0.15) is 11.7 Å². The average molecular weight is 259 g/mol. The Balaban J connectivity index is 2.87. The molecule has 3 N–H and O–H groups in total. The third kappa shape index (κ3) is 3.67. The van der Waals surface area contributed by atoms with Crippen molar-refractivity contribution in [3.63, 3.8) is 0 Å². The van der Waals surface area contributed by atoms with Crippen molar-refractivity contribution in [1.29, 1.82) is 0 Å². The largest absolute Gasteiger partial charge is 0.359 e. The molecule has 0 radical (unpaired) electrons. The number of ether oxygens (including phenoxy) is 1. The molecule has 0 spiro atoms. The fraction of sp³-hybridized carbons (Fsp3) is 0.273. The van der Waals surface area contributed by atoms with Crippen LogP contribution < -0.4 is 11.3 Å². The highest BCUT2D eigenvalue weighted by Gasteiger charge is 2.14. The van der Waals surface area contributed by atoms with Crippen LogP contribution in [0.25, 0.3) is 0 Å². The standard InChI is InChI=1S/C11H12Cl2N2O/c1-2-5-16-11(7-15-14)9-4-3-8(12)6-10(9)13/h1,3-4,6,11,15H,5,7,14H2. The third-order valence-electron chi connectivity index (χ3n) is 1.98. The van der Waals surface area contributed by atoms with Crippen LogP contribution in [0.4, 0.5) is 0 Å². The van der Waals surface area contributed by atoms with Gasteiger partial charge in [0.2, 0.25) is 0 Å². The van der Waals surface area contributed by atoms with E-state index in [1.165, 1.54) is 0 Å². The Kier molecular flexibility index (Phi) is 5.61.